The Kier molecular flexibility index (Phi) is 8.31. The summed E-state index contributed by atoms with van der Waals surface area (Å²) in [5.41, 5.74) is 15.4. The van der Waals surface area contributed by atoms with E-state index in [4.69, 9.17) is 25.7 Å². The van der Waals surface area contributed by atoms with Crippen LogP contribution in [0.5, 0.6) is 11.5 Å². The molecule has 0 aliphatic rings. The molecule has 0 bridgehead atoms. The maximum absolute atomic E-state index is 11.3. The zero-order valence-corrected chi connectivity index (χ0v) is 21.5. The van der Waals surface area contributed by atoms with E-state index in [1.807, 2.05) is 22.8 Å². The smallest absolute Gasteiger partial charge is 0.508 e. The molecule has 0 saturated heterocycles. The van der Waals surface area contributed by atoms with Crippen LogP contribution in [-0.2, 0) is 28.7 Å². The Morgan fingerprint density at radius 2 is 1.89 bits per heavy atom. The summed E-state index contributed by atoms with van der Waals surface area (Å²) in [4.78, 5) is 27.8. The first-order chi connectivity index (χ1) is 17.7. The Bertz CT molecular complexity index is 1450. The van der Waals surface area contributed by atoms with Gasteiger partial charge in [-0.2, -0.15) is 0 Å². The number of aromatic nitrogens is 3. The highest BCUT2D eigenvalue weighted by atomic mass is 31.2. The number of ether oxygens (including phenoxy) is 1. The molecule has 0 atom stereocenters. The molecule has 198 valence electrons. The van der Waals surface area contributed by atoms with E-state index in [9.17, 15) is 19.5 Å². The average molecular weight is 530 g/mol. The Labute approximate surface area is 214 Å². The molecule has 0 unspecified atom stereocenters. The number of imidazole rings is 1. The molecule has 0 spiro atoms. The van der Waals surface area contributed by atoms with Crippen LogP contribution in [0.4, 0.5) is 5.82 Å². The number of rotatable bonds is 12. The van der Waals surface area contributed by atoms with Crippen LogP contribution in [-0.4, -0.2) is 49.2 Å². The van der Waals surface area contributed by atoms with Crippen molar-refractivity contribution in [2.45, 2.75) is 39.2 Å². The van der Waals surface area contributed by atoms with Gasteiger partial charge in [-0.25, -0.2) is 14.5 Å². The fraction of sp³-hybridized carbons (Fsp3) is 0.360. The molecule has 4 aromatic rings. The van der Waals surface area contributed by atoms with Crippen LogP contribution in [0, 0.1) is 0 Å². The minimum atomic E-state index is -4.75. The number of hydrogen-bond acceptors (Lipinski definition) is 8. The van der Waals surface area contributed by atoms with E-state index in [0.717, 1.165) is 35.1 Å². The van der Waals surface area contributed by atoms with Gasteiger partial charge in [0, 0.05) is 23.9 Å². The predicted octanol–water partition coefficient (Wildman–Crippen LogP) is 3.25. The zero-order chi connectivity index (χ0) is 26.6. The molecular formula is C25H32N5O6P. The molecule has 11 nitrogen and oxygen atoms in total. The predicted molar refractivity (Wildman–Crippen MR) is 142 cm³/mol. The zero-order valence-electron chi connectivity index (χ0n) is 20.6. The highest BCUT2D eigenvalue weighted by Crippen LogP contribution is 2.39. The lowest BCUT2D eigenvalue weighted by molar-refractivity contribution is 0.145. The highest BCUT2D eigenvalue weighted by molar-refractivity contribution is 7.46. The number of pyridine rings is 1. The molecule has 4 rings (SSSR count). The van der Waals surface area contributed by atoms with E-state index in [0.29, 0.717) is 55.0 Å². The standard InChI is InChI=1S/C25H32N5O6P/c1-2-3-4-22-29-23-24(30(22)15-17-14-18(6-8-21(17)31)36-37(32,33)34)19-7-5-16(9-11-35-12-10-26)13-20(19)28-25(23)27/h5-8,13-14,31H,2-4,9-12,15,26H2,1H3,(H2,27,28)(H2,32,33,34). The number of phenolic OH excluding ortho intramolecular Hbond substituents is 1. The molecule has 0 amide bonds. The Morgan fingerprint density at radius 3 is 2.62 bits per heavy atom. The number of phenols is 1. The van der Waals surface area contributed by atoms with Gasteiger partial charge in [-0.15, -0.1) is 0 Å². The molecule has 0 saturated carbocycles. The van der Waals surface area contributed by atoms with Crippen molar-refractivity contribution in [2.75, 3.05) is 25.5 Å². The monoisotopic (exact) mass is 529 g/mol. The number of anilines is 1. The van der Waals surface area contributed by atoms with Gasteiger partial charge in [0.1, 0.15) is 22.8 Å². The Morgan fingerprint density at radius 1 is 1.08 bits per heavy atom. The average Bonchev–Trinajstić information content (AvgIpc) is 3.20. The first-order valence-electron chi connectivity index (χ1n) is 12.1. The number of aromatic hydroxyl groups is 1. The van der Waals surface area contributed by atoms with Gasteiger partial charge in [0.05, 0.1) is 30.8 Å². The van der Waals surface area contributed by atoms with E-state index >= 15 is 0 Å². The lowest BCUT2D eigenvalue weighted by atomic mass is 10.1. The number of nitrogen functional groups attached to an aromatic ring is 1. The van der Waals surface area contributed by atoms with Crippen molar-refractivity contribution in [3.05, 3.63) is 53.3 Å². The quantitative estimate of drug-likeness (QED) is 0.135. The third-order valence-electron chi connectivity index (χ3n) is 6.00. The molecular weight excluding hydrogens is 497 g/mol. The minimum absolute atomic E-state index is 0.0348. The fourth-order valence-electron chi connectivity index (χ4n) is 4.28. The van der Waals surface area contributed by atoms with Gasteiger partial charge in [-0.3, -0.25) is 9.79 Å². The second kappa shape index (κ2) is 11.5. The number of benzene rings is 2. The first-order valence-corrected chi connectivity index (χ1v) is 13.6. The normalized spacial score (nSPS) is 12.0. The van der Waals surface area contributed by atoms with Gasteiger partial charge in [0.25, 0.3) is 0 Å². The summed E-state index contributed by atoms with van der Waals surface area (Å²) in [7, 11) is -4.75. The molecule has 12 heteroatoms. The van der Waals surface area contributed by atoms with Gasteiger partial charge in [0.15, 0.2) is 5.82 Å². The molecule has 0 aliphatic carbocycles. The molecule has 2 aromatic heterocycles. The molecule has 2 aromatic carbocycles. The van der Waals surface area contributed by atoms with Crippen LogP contribution in [0.15, 0.2) is 36.4 Å². The summed E-state index contributed by atoms with van der Waals surface area (Å²) in [6.45, 7) is 3.80. The molecule has 0 aliphatic heterocycles. The topological polar surface area (TPSA) is 179 Å². The van der Waals surface area contributed by atoms with Crippen molar-refractivity contribution < 1.29 is 28.7 Å². The lowest BCUT2D eigenvalue weighted by Gasteiger charge is -2.14. The molecule has 37 heavy (non-hydrogen) atoms. The van der Waals surface area contributed by atoms with Crippen molar-refractivity contribution in [1.29, 1.82) is 0 Å². The van der Waals surface area contributed by atoms with Crippen LogP contribution in [0.1, 0.15) is 36.7 Å². The first kappa shape index (κ1) is 26.8. The van der Waals surface area contributed by atoms with Crippen molar-refractivity contribution in [1.82, 2.24) is 14.5 Å². The SMILES string of the molecule is CCCCc1nc2c(N)nc3cc(CCOCCN)ccc3c2n1Cc1cc(OP(=O)(O)O)ccc1O. The van der Waals surface area contributed by atoms with Crippen LogP contribution in [0.2, 0.25) is 0 Å². The molecule has 0 radical (unpaired) electrons. The number of fused-ring (bicyclic) bond motifs is 3. The summed E-state index contributed by atoms with van der Waals surface area (Å²) in [6.07, 6.45) is 3.25. The second-order valence-corrected chi connectivity index (χ2v) is 9.95. The summed E-state index contributed by atoms with van der Waals surface area (Å²) in [6, 6.07) is 10.0. The van der Waals surface area contributed by atoms with Crippen LogP contribution >= 0.6 is 7.82 Å². The minimum Gasteiger partial charge on any atom is -0.508 e. The van der Waals surface area contributed by atoms with Gasteiger partial charge < -0.3 is 30.4 Å². The molecule has 7 N–H and O–H groups in total. The van der Waals surface area contributed by atoms with Crippen molar-refractivity contribution >= 4 is 35.6 Å². The van der Waals surface area contributed by atoms with Crippen LogP contribution in [0.3, 0.4) is 0 Å². The van der Waals surface area contributed by atoms with E-state index in [1.54, 1.807) is 0 Å². The van der Waals surface area contributed by atoms with Crippen LogP contribution < -0.4 is 16.0 Å². The van der Waals surface area contributed by atoms with Gasteiger partial charge in [0.2, 0.25) is 0 Å². The van der Waals surface area contributed by atoms with Gasteiger partial charge in [-0.05, 0) is 42.7 Å². The van der Waals surface area contributed by atoms with E-state index in [1.165, 1.54) is 18.2 Å². The number of nitrogens with zero attached hydrogens (tertiary/aromatic N) is 3. The number of phosphoric acid groups is 1. The highest BCUT2D eigenvalue weighted by Gasteiger charge is 2.20. The molecule has 0 fully saturated rings. The number of unbranched alkanes of at least 4 members (excludes halogenated alkanes) is 1. The third-order valence-corrected chi connectivity index (χ3v) is 6.45. The fourth-order valence-corrected chi connectivity index (χ4v) is 4.67. The van der Waals surface area contributed by atoms with E-state index in [-0.39, 0.29) is 18.0 Å². The maximum Gasteiger partial charge on any atom is 0.524 e. The largest absolute Gasteiger partial charge is 0.524 e. The summed E-state index contributed by atoms with van der Waals surface area (Å²) in [5.74, 6) is 0.997. The Balaban J connectivity index is 1.81. The molecule has 2 heterocycles. The number of aryl methyl sites for hydroxylation is 1. The van der Waals surface area contributed by atoms with Gasteiger partial charge >= 0.3 is 7.82 Å². The third kappa shape index (κ3) is 6.38. The maximum atomic E-state index is 11.3. The second-order valence-electron chi connectivity index (χ2n) is 8.79. The van der Waals surface area contributed by atoms with Crippen molar-refractivity contribution in [3.8, 4) is 11.5 Å². The Hall–Kier alpha value is -3.21. The van der Waals surface area contributed by atoms with Crippen molar-refractivity contribution in [3.63, 3.8) is 0 Å². The van der Waals surface area contributed by atoms with Gasteiger partial charge in [-0.1, -0.05) is 25.5 Å². The van der Waals surface area contributed by atoms with E-state index < -0.39 is 7.82 Å². The summed E-state index contributed by atoms with van der Waals surface area (Å²) >= 11 is 0. The van der Waals surface area contributed by atoms with Crippen molar-refractivity contribution in [2.24, 2.45) is 5.73 Å². The van der Waals surface area contributed by atoms with Crippen LogP contribution in [0.25, 0.3) is 21.9 Å². The number of phosphoric ester groups is 1. The lowest BCUT2D eigenvalue weighted by Crippen LogP contribution is -2.10. The van der Waals surface area contributed by atoms with E-state index in [2.05, 4.69) is 11.9 Å². The number of hydrogen-bond donors (Lipinski definition) is 5. The summed E-state index contributed by atoms with van der Waals surface area (Å²) < 4.78 is 23.5. The summed E-state index contributed by atoms with van der Waals surface area (Å²) in [5, 5.41) is 11.4. The number of nitrogens with two attached hydrogens (primary N) is 2.